The van der Waals surface area contributed by atoms with Gasteiger partial charge < -0.3 is 10.0 Å². The van der Waals surface area contributed by atoms with Gasteiger partial charge in [0, 0.05) is 12.2 Å². The summed E-state index contributed by atoms with van der Waals surface area (Å²) >= 11 is 0. The molecule has 15 heavy (non-hydrogen) atoms. The molecule has 0 radical (unpaired) electrons. The van der Waals surface area contributed by atoms with Gasteiger partial charge in [-0.25, -0.2) is 4.39 Å². The van der Waals surface area contributed by atoms with Gasteiger partial charge in [-0.15, -0.1) is 6.42 Å². The maximum Gasteiger partial charge on any atom is 0.125 e. The zero-order valence-corrected chi connectivity index (χ0v) is 8.70. The molecule has 3 heteroatoms. The van der Waals surface area contributed by atoms with Crippen LogP contribution in [0.15, 0.2) is 18.2 Å². The predicted molar refractivity (Wildman–Crippen MR) is 59.0 cm³/mol. The van der Waals surface area contributed by atoms with E-state index in [0.717, 1.165) is 0 Å². The van der Waals surface area contributed by atoms with E-state index in [-0.39, 0.29) is 12.4 Å². The summed E-state index contributed by atoms with van der Waals surface area (Å²) in [6, 6.07) is 4.47. The number of hydrogen-bond acceptors (Lipinski definition) is 2. The maximum atomic E-state index is 13.2. The summed E-state index contributed by atoms with van der Waals surface area (Å²) in [6.45, 7) is 2.92. The minimum absolute atomic E-state index is 0.168. The second kappa shape index (κ2) is 5.38. The molecule has 0 spiro atoms. The van der Waals surface area contributed by atoms with E-state index >= 15 is 0 Å². The van der Waals surface area contributed by atoms with E-state index in [1.807, 2.05) is 11.8 Å². The topological polar surface area (TPSA) is 23.5 Å². The van der Waals surface area contributed by atoms with Crippen molar-refractivity contribution >= 4 is 5.69 Å². The second-order valence-electron chi connectivity index (χ2n) is 3.19. The van der Waals surface area contributed by atoms with Crippen molar-refractivity contribution < 1.29 is 9.50 Å². The predicted octanol–water partition coefficient (Wildman–Crippen LogP) is 1.78. The molecule has 0 aromatic heterocycles. The van der Waals surface area contributed by atoms with Crippen LogP contribution in [0.1, 0.15) is 12.5 Å². The number of benzene rings is 1. The average Bonchev–Trinajstić information content (AvgIpc) is 2.24. The van der Waals surface area contributed by atoms with Crippen molar-refractivity contribution in [1.29, 1.82) is 0 Å². The van der Waals surface area contributed by atoms with Crippen LogP contribution in [0.5, 0.6) is 0 Å². The molecule has 0 saturated heterocycles. The first-order chi connectivity index (χ1) is 7.21. The minimum Gasteiger partial charge on any atom is -0.392 e. The van der Waals surface area contributed by atoms with Crippen LogP contribution >= 0.6 is 0 Å². The molecule has 0 fully saturated rings. The molecular formula is C12H14FNO. The zero-order chi connectivity index (χ0) is 11.3. The van der Waals surface area contributed by atoms with Crippen molar-refractivity contribution in [1.82, 2.24) is 0 Å². The number of hydrogen-bond donors (Lipinski definition) is 1. The molecule has 2 nitrogen and oxygen atoms in total. The molecule has 0 aliphatic carbocycles. The summed E-state index contributed by atoms with van der Waals surface area (Å²) in [5.41, 5.74) is 1.26. The van der Waals surface area contributed by atoms with Crippen molar-refractivity contribution in [3.8, 4) is 12.3 Å². The lowest BCUT2D eigenvalue weighted by Gasteiger charge is -2.20. The molecule has 1 rings (SSSR count). The molecule has 0 bridgehead atoms. The Labute approximate surface area is 89.3 Å². The Morgan fingerprint density at radius 1 is 1.47 bits per heavy atom. The summed E-state index contributed by atoms with van der Waals surface area (Å²) in [7, 11) is 0. The number of anilines is 1. The van der Waals surface area contributed by atoms with Crippen LogP contribution in [-0.2, 0) is 6.61 Å². The Balaban J connectivity index is 3.01. The average molecular weight is 207 g/mol. The van der Waals surface area contributed by atoms with Crippen molar-refractivity contribution in [3.05, 3.63) is 29.6 Å². The molecule has 1 aromatic rings. The van der Waals surface area contributed by atoms with Gasteiger partial charge in [0.1, 0.15) is 5.82 Å². The van der Waals surface area contributed by atoms with Crippen LogP contribution in [-0.4, -0.2) is 18.2 Å². The highest BCUT2D eigenvalue weighted by atomic mass is 19.1. The van der Waals surface area contributed by atoms with E-state index in [9.17, 15) is 4.39 Å². The van der Waals surface area contributed by atoms with Gasteiger partial charge in [-0.3, -0.25) is 0 Å². The van der Waals surface area contributed by atoms with E-state index < -0.39 is 0 Å². The first kappa shape index (κ1) is 11.5. The number of aliphatic hydroxyl groups is 1. The molecule has 0 heterocycles. The van der Waals surface area contributed by atoms with Gasteiger partial charge in [0.05, 0.1) is 13.2 Å². The van der Waals surface area contributed by atoms with Crippen LogP contribution in [0, 0.1) is 18.2 Å². The molecule has 1 N–H and O–H groups in total. The SMILES string of the molecule is C#CCN(CC)c1cc(F)cc(CO)c1. The number of rotatable bonds is 4. The Morgan fingerprint density at radius 3 is 2.73 bits per heavy atom. The zero-order valence-electron chi connectivity index (χ0n) is 8.70. The molecule has 0 saturated carbocycles. The van der Waals surface area contributed by atoms with Gasteiger partial charge in [-0.05, 0) is 30.7 Å². The molecular weight excluding hydrogens is 193 g/mol. The highest BCUT2D eigenvalue weighted by Gasteiger charge is 2.06. The highest BCUT2D eigenvalue weighted by molar-refractivity contribution is 5.49. The smallest absolute Gasteiger partial charge is 0.125 e. The summed E-state index contributed by atoms with van der Waals surface area (Å²) in [5.74, 6) is 2.16. The van der Waals surface area contributed by atoms with Gasteiger partial charge in [-0.2, -0.15) is 0 Å². The van der Waals surface area contributed by atoms with Crippen molar-refractivity contribution in [3.63, 3.8) is 0 Å². The number of terminal acetylenes is 1. The Hall–Kier alpha value is -1.53. The normalized spacial score (nSPS) is 9.73. The van der Waals surface area contributed by atoms with E-state index in [1.54, 1.807) is 6.07 Å². The van der Waals surface area contributed by atoms with Crippen molar-refractivity contribution in [2.45, 2.75) is 13.5 Å². The van der Waals surface area contributed by atoms with Crippen molar-refractivity contribution in [2.24, 2.45) is 0 Å². The molecule has 80 valence electrons. The monoisotopic (exact) mass is 207 g/mol. The number of nitrogens with zero attached hydrogens (tertiary/aromatic N) is 1. The maximum absolute atomic E-state index is 13.2. The first-order valence-electron chi connectivity index (χ1n) is 4.80. The summed E-state index contributed by atoms with van der Waals surface area (Å²) in [5, 5.41) is 8.95. The summed E-state index contributed by atoms with van der Waals surface area (Å²) in [4.78, 5) is 1.86. The molecule has 1 aromatic carbocycles. The van der Waals surface area contributed by atoms with Gasteiger partial charge >= 0.3 is 0 Å². The van der Waals surface area contributed by atoms with E-state index in [0.29, 0.717) is 24.3 Å². The lowest BCUT2D eigenvalue weighted by Crippen LogP contribution is -2.23. The van der Waals surface area contributed by atoms with Gasteiger partial charge in [-0.1, -0.05) is 5.92 Å². The first-order valence-corrected chi connectivity index (χ1v) is 4.80. The lowest BCUT2D eigenvalue weighted by atomic mass is 10.2. The molecule has 0 amide bonds. The standard InChI is InChI=1S/C12H14FNO/c1-3-5-14(4-2)12-7-10(9-15)6-11(13)8-12/h1,6-8,15H,4-5,9H2,2H3. The van der Waals surface area contributed by atoms with Crippen molar-refractivity contribution in [2.75, 3.05) is 18.0 Å². The van der Waals surface area contributed by atoms with Crippen LogP contribution in [0.4, 0.5) is 10.1 Å². The van der Waals surface area contributed by atoms with Gasteiger partial charge in [0.25, 0.3) is 0 Å². The third kappa shape index (κ3) is 2.97. The largest absolute Gasteiger partial charge is 0.392 e. The summed E-state index contributed by atoms with van der Waals surface area (Å²) < 4.78 is 13.2. The Morgan fingerprint density at radius 2 is 2.20 bits per heavy atom. The molecule has 0 aliphatic rings. The highest BCUT2D eigenvalue weighted by Crippen LogP contribution is 2.18. The van der Waals surface area contributed by atoms with Crippen LogP contribution in [0.25, 0.3) is 0 Å². The minimum atomic E-state index is -0.355. The summed E-state index contributed by atoms with van der Waals surface area (Å²) in [6.07, 6.45) is 5.22. The quantitative estimate of drug-likeness (QED) is 0.761. The van der Waals surface area contributed by atoms with E-state index in [4.69, 9.17) is 11.5 Å². The second-order valence-corrected chi connectivity index (χ2v) is 3.19. The van der Waals surface area contributed by atoms with Crippen LogP contribution < -0.4 is 4.90 Å². The van der Waals surface area contributed by atoms with E-state index in [1.165, 1.54) is 12.1 Å². The third-order valence-corrected chi connectivity index (χ3v) is 2.15. The lowest BCUT2D eigenvalue weighted by molar-refractivity contribution is 0.281. The molecule has 0 aliphatic heterocycles. The van der Waals surface area contributed by atoms with Gasteiger partial charge in [0.2, 0.25) is 0 Å². The molecule has 0 unspecified atom stereocenters. The number of aliphatic hydroxyl groups excluding tert-OH is 1. The third-order valence-electron chi connectivity index (χ3n) is 2.15. The van der Waals surface area contributed by atoms with Crippen LogP contribution in [0.3, 0.4) is 0 Å². The molecule has 0 atom stereocenters. The van der Waals surface area contributed by atoms with Crippen LogP contribution in [0.2, 0.25) is 0 Å². The Kier molecular flexibility index (Phi) is 4.14. The number of halogens is 1. The fourth-order valence-corrected chi connectivity index (χ4v) is 1.40. The van der Waals surface area contributed by atoms with Gasteiger partial charge in [0.15, 0.2) is 0 Å². The fraction of sp³-hybridized carbons (Fsp3) is 0.333. The fourth-order valence-electron chi connectivity index (χ4n) is 1.40. The Bertz CT molecular complexity index is 370. The van der Waals surface area contributed by atoms with E-state index in [2.05, 4.69) is 5.92 Å².